The Hall–Kier alpha value is -1.26. The van der Waals surface area contributed by atoms with E-state index in [1.54, 1.807) is 12.1 Å². The van der Waals surface area contributed by atoms with Gasteiger partial charge in [0.25, 0.3) is 0 Å². The fourth-order valence-electron chi connectivity index (χ4n) is 2.07. The minimum Gasteiger partial charge on any atom is -0.494 e. The van der Waals surface area contributed by atoms with Crippen molar-refractivity contribution in [2.24, 2.45) is 0 Å². The quantitative estimate of drug-likeness (QED) is 0.787. The summed E-state index contributed by atoms with van der Waals surface area (Å²) < 4.78 is 11.0. The molecule has 1 heterocycles. The first kappa shape index (κ1) is 15.1. The SMILES string of the molecule is O=C(CCCOc1ccc(Cl)cc1)NC[C@H]1CCCO1. The fraction of sp³-hybridized carbons (Fsp3) is 0.533. The smallest absolute Gasteiger partial charge is 0.220 e. The number of amides is 1. The summed E-state index contributed by atoms with van der Waals surface area (Å²) >= 11 is 5.78. The third kappa shape index (κ3) is 5.39. The number of hydrogen-bond acceptors (Lipinski definition) is 3. The van der Waals surface area contributed by atoms with E-state index in [1.165, 1.54) is 0 Å². The van der Waals surface area contributed by atoms with Crippen LogP contribution in [0.2, 0.25) is 5.02 Å². The Morgan fingerprint density at radius 2 is 2.20 bits per heavy atom. The van der Waals surface area contributed by atoms with Gasteiger partial charge in [-0.25, -0.2) is 0 Å². The van der Waals surface area contributed by atoms with E-state index in [1.807, 2.05) is 12.1 Å². The highest BCUT2D eigenvalue weighted by molar-refractivity contribution is 6.30. The van der Waals surface area contributed by atoms with Gasteiger partial charge >= 0.3 is 0 Å². The summed E-state index contributed by atoms with van der Waals surface area (Å²) in [6.45, 7) is 1.96. The average Bonchev–Trinajstić information content (AvgIpc) is 2.96. The predicted molar refractivity (Wildman–Crippen MR) is 78.2 cm³/mol. The number of nitrogens with one attached hydrogen (secondary N) is 1. The van der Waals surface area contributed by atoms with Crippen molar-refractivity contribution in [3.63, 3.8) is 0 Å². The molecule has 2 rings (SSSR count). The maximum Gasteiger partial charge on any atom is 0.220 e. The predicted octanol–water partition coefficient (Wildman–Crippen LogP) is 2.79. The van der Waals surface area contributed by atoms with Gasteiger partial charge in [-0.15, -0.1) is 0 Å². The minimum absolute atomic E-state index is 0.0557. The van der Waals surface area contributed by atoms with Crippen molar-refractivity contribution < 1.29 is 14.3 Å². The molecule has 20 heavy (non-hydrogen) atoms. The average molecular weight is 298 g/mol. The second kappa shape index (κ2) is 8.12. The van der Waals surface area contributed by atoms with Crippen LogP contribution in [0, 0.1) is 0 Å². The molecule has 4 nitrogen and oxygen atoms in total. The van der Waals surface area contributed by atoms with E-state index in [9.17, 15) is 4.79 Å². The van der Waals surface area contributed by atoms with Crippen molar-refractivity contribution in [1.82, 2.24) is 5.32 Å². The summed E-state index contributed by atoms with van der Waals surface area (Å²) in [5.41, 5.74) is 0. The Kier molecular flexibility index (Phi) is 6.15. The Morgan fingerprint density at radius 1 is 1.40 bits per heavy atom. The standard InChI is InChI=1S/C15H20ClNO3/c16-12-5-7-13(8-6-12)19-10-2-4-15(18)17-11-14-3-1-9-20-14/h5-8,14H,1-4,9-11H2,(H,17,18)/t14-/m1/s1. The van der Waals surface area contributed by atoms with Crippen LogP contribution < -0.4 is 10.1 Å². The zero-order valence-corrected chi connectivity index (χ0v) is 12.2. The first-order valence-corrected chi connectivity index (χ1v) is 7.38. The zero-order valence-electron chi connectivity index (χ0n) is 11.4. The van der Waals surface area contributed by atoms with E-state index in [4.69, 9.17) is 21.1 Å². The molecule has 1 amide bonds. The maximum absolute atomic E-state index is 11.6. The van der Waals surface area contributed by atoms with Gasteiger partial charge in [-0.3, -0.25) is 4.79 Å². The van der Waals surface area contributed by atoms with Crippen molar-refractivity contribution in [3.05, 3.63) is 29.3 Å². The topological polar surface area (TPSA) is 47.6 Å². The summed E-state index contributed by atoms with van der Waals surface area (Å²) in [5, 5.41) is 3.58. The molecule has 1 aromatic carbocycles. The molecule has 0 saturated carbocycles. The van der Waals surface area contributed by atoms with Gasteiger partial charge in [0.05, 0.1) is 12.7 Å². The van der Waals surface area contributed by atoms with Crippen molar-refractivity contribution >= 4 is 17.5 Å². The van der Waals surface area contributed by atoms with Gasteiger partial charge in [0.2, 0.25) is 5.91 Å². The maximum atomic E-state index is 11.6. The summed E-state index contributed by atoms with van der Waals surface area (Å²) in [5.74, 6) is 0.828. The van der Waals surface area contributed by atoms with Gasteiger partial charge in [-0.2, -0.15) is 0 Å². The Bertz CT molecular complexity index is 416. The highest BCUT2D eigenvalue weighted by atomic mass is 35.5. The second-order valence-corrected chi connectivity index (χ2v) is 5.28. The molecule has 0 bridgehead atoms. The fourth-order valence-corrected chi connectivity index (χ4v) is 2.20. The highest BCUT2D eigenvalue weighted by Crippen LogP contribution is 2.15. The lowest BCUT2D eigenvalue weighted by Crippen LogP contribution is -2.31. The number of carbonyl (C=O) groups is 1. The molecule has 0 aromatic heterocycles. The van der Waals surface area contributed by atoms with Crippen LogP contribution in [0.5, 0.6) is 5.75 Å². The van der Waals surface area contributed by atoms with Gasteiger partial charge < -0.3 is 14.8 Å². The zero-order chi connectivity index (χ0) is 14.2. The van der Waals surface area contributed by atoms with Crippen molar-refractivity contribution in [1.29, 1.82) is 0 Å². The monoisotopic (exact) mass is 297 g/mol. The van der Waals surface area contributed by atoms with Gasteiger partial charge in [0.15, 0.2) is 0 Å². The molecule has 0 unspecified atom stereocenters. The molecule has 1 fully saturated rings. The molecule has 110 valence electrons. The van der Waals surface area contributed by atoms with Crippen LogP contribution >= 0.6 is 11.6 Å². The molecule has 0 spiro atoms. The van der Waals surface area contributed by atoms with Gasteiger partial charge in [-0.05, 0) is 43.5 Å². The Labute approximate surface area is 124 Å². The van der Waals surface area contributed by atoms with Crippen LogP contribution in [0.4, 0.5) is 0 Å². The number of carbonyl (C=O) groups excluding carboxylic acids is 1. The summed E-state index contributed by atoms with van der Waals surface area (Å²) in [4.78, 5) is 11.6. The molecule has 1 aliphatic heterocycles. The lowest BCUT2D eigenvalue weighted by Gasteiger charge is -2.11. The van der Waals surface area contributed by atoms with E-state index in [0.717, 1.165) is 25.2 Å². The van der Waals surface area contributed by atoms with E-state index in [-0.39, 0.29) is 12.0 Å². The van der Waals surface area contributed by atoms with Gasteiger partial charge in [0.1, 0.15) is 5.75 Å². The first-order chi connectivity index (χ1) is 9.74. The molecule has 1 saturated heterocycles. The Morgan fingerprint density at radius 3 is 2.90 bits per heavy atom. The largest absolute Gasteiger partial charge is 0.494 e. The molecule has 0 aliphatic carbocycles. The van der Waals surface area contributed by atoms with Crippen molar-refractivity contribution in [2.45, 2.75) is 31.8 Å². The number of rotatable bonds is 7. The van der Waals surface area contributed by atoms with Crippen LogP contribution in [0.1, 0.15) is 25.7 Å². The lowest BCUT2D eigenvalue weighted by molar-refractivity contribution is -0.121. The van der Waals surface area contributed by atoms with E-state index in [2.05, 4.69) is 5.32 Å². The van der Waals surface area contributed by atoms with Gasteiger partial charge in [0, 0.05) is 24.6 Å². The lowest BCUT2D eigenvalue weighted by atomic mass is 10.2. The number of hydrogen-bond donors (Lipinski definition) is 1. The van der Waals surface area contributed by atoms with Crippen molar-refractivity contribution in [2.75, 3.05) is 19.8 Å². The summed E-state index contributed by atoms with van der Waals surface area (Å²) in [6.07, 6.45) is 3.50. The van der Waals surface area contributed by atoms with Crippen molar-refractivity contribution in [3.8, 4) is 5.75 Å². The summed E-state index contributed by atoms with van der Waals surface area (Å²) in [6, 6.07) is 7.20. The molecule has 1 aromatic rings. The second-order valence-electron chi connectivity index (χ2n) is 4.85. The molecular weight excluding hydrogens is 278 g/mol. The van der Waals surface area contributed by atoms with E-state index >= 15 is 0 Å². The first-order valence-electron chi connectivity index (χ1n) is 7.01. The van der Waals surface area contributed by atoms with E-state index < -0.39 is 0 Å². The molecular formula is C15H20ClNO3. The highest BCUT2D eigenvalue weighted by Gasteiger charge is 2.15. The number of ether oxygens (including phenoxy) is 2. The Balaban J connectivity index is 1.53. The number of halogens is 1. The van der Waals surface area contributed by atoms with Crippen LogP contribution in [0.15, 0.2) is 24.3 Å². The van der Waals surface area contributed by atoms with E-state index in [0.29, 0.717) is 31.0 Å². The normalized spacial score (nSPS) is 17.9. The van der Waals surface area contributed by atoms with Gasteiger partial charge in [-0.1, -0.05) is 11.6 Å². The molecule has 1 N–H and O–H groups in total. The minimum atomic E-state index is 0.0557. The molecule has 1 aliphatic rings. The van der Waals surface area contributed by atoms with Crippen LogP contribution in [-0.2, 0) is 9.53 Å². The van der Waals surface area contributed by atoms with Crippen LogP contribution in [-0.4, -0.2) is 31.8 Å². The molecule has 1 atom stereocenters. The van der Waals surface area contributed by atoms with Crippen LogP contribution in [0.3, 0.4) is 0 Å². The number of benzene rings is 1. The molecule has 0 radical (unpaired) electrons. The third-order valence-electron chi connectivity index (χ3n) is 3.18. The molecule has 5 heteroatoms. The summed E-state index contributed by atoms with van der Waals surface area (Å²) in [7, 11) is 0. The third-order valence-corrected chi connectivity index (χ3v) is 3.43. The van der Waals surface area contributed by atoms with Crippen LogP contribution in [0.25, 0.3) is 0 Å².